The van der Waals surface area contributed by atoms with Crippen molar-refractivity contribution in [1.29, 1.82) is 0 Å². The maximum Gasteiger partial charge on any atom is 0.246 e. The average molecular weight is 340 g/mol. The third-order valence-electron chi connectivity index (χ3n) is 3.92. The van der Waals surface area contributed by atoms with E-state index >= 15 is 0 Å². The van der Waals surface area contributed by atoms with Crippen molar-refractivity contribution in [3.8, 4) is 0 Å². The maximum absolute atomic E-state index is 12.8. The van der Waals surface area contributed by atoms with Crippen LogP contribution in [0.2, 0.25) is 0 Å². The number of anilines is 1. The number of benzene rings is 1. The summed E-state index contributed by atoms with van der Waals surface area (Å²) >= 11 is 0. The molecule has 1 atom stereocenters. The number of morpholine rings is 1. The normalized spacial score (nSPS) is 16.9. The fourth-order valence-corrected chi connectivity index (χ4v) is 3.94. The molecule has 6 nitrogen and oxygen atoms in total. The Labute approximate surface area is 138 Å². The molecule has 1 aliphatic rings. The van der Waals surface area contributed by atoms with E-state index in [-0.39, 0.29) is 5.91 Å². The predicted octanol–water partition coefficient (Wildman–Crippen LogP) is 1.40. The Morgan fingerprint density at radius 2 is 1.83 bits per heavy atom. The van der Waals surface area contributed by atoms with E-state index in [1.165, 1.54) is 4.31 Å². The van der Waals surface area contributed by atoms with Gasteiger partial charge < -0.3 is 9.64 Å². The van der Waals surface area contributed by atoms with Crippen molar-refractivity contribution in [2.75, 3.05) is 36.9 Å². The third-order valence-corrected chi connectivity index (χ3v) is 5.10. The Kier molecular flexibility index (Phi) is 5.64. The van der Waals surface area contributed by atoms with Crippen LogP contribution in [0, 0.1) is 6.92 Å². The Balaban J connectivity index is 2.35. The fraction of sp³-hybridized carbons (Fsp3) is 0.562. The van der Waals surface area contributed by atoms with Crippen molar-refractivity contribution in [2.24, 2.45) is 0 Å². The van der Waals surface area contributed by atoms with Gasteiger partial charge in [-0.2, -0.15) is 0 Å². The number of aryl methyl sites for hydroxylation is 1. The summed E-state index contributed by atoms with van der Waals surface area (Å²) in [7, 11) is -3.57. The molecule has 0 aliphatic carbocycles. The second-order valence-corrected chi connectivity index (χ2v) is 7.62. The molecular formula is C16H24N2O4S. The topological polar surface area (TPSA) is 66.9 Å². The van der Waals surface area contributed by atoms with Gasteiger partial charge in [0.2, 0.25) is 15.9 Å². The molecular weight excluding hydrogens is 316 g/mol. The molecule has 2 rings (SSSR count). The minimum atomic E-state index is -3.57. The molecule has 7 heteroatoms. The minimum Gasteiger partial charge on any atom is -0.378 e. The summed E-state index contributed by atoms with van der Waals surface area (Å²) in [5, 5.41) is 0. The number of rotatable bonds is 5. The molecule has 23 heavy (non-hydrogen) atoms. The van der Waals surface area contributed by atoms with Gasteiger partial charge in [-0.25, -0.2) is 8.42 Å². The van der Waals surface area contributed by atoms with Crippen molar-refractivity contribution in [3.63, 3.8) is 0 Å². The van der Waals surface area contributed by atoms with Gasteiger partial charge in [-0.1, -0.05) is 24.6 Å². The summed E-state index contributed by atoms with van der Waals surface area (Å²) in [4.78, 5) is 14.5. The summed E-state index contributed by atoms with van der Waals surface area (Å²) < 4.78 is 31.2. The number of hydrogen-bond donors (Lipinski definition) is 0. The Hall–Kier alpha value is -1.60. The van der Waals surface area contributed by atoms with E-state index in [1.807, 2.05) is 26.0 Å². The van der Waals surface area contributed by atoms with Crippen LogP contribution < -0.4 is 4.31 Å². The van der Waals surface area contributed by atoms with Gasteiger partial charge in [0, 0.05) is 13.1 Å². The number of nitrogens with zero attached hydrogens (tertiary/aromatic N) is 2. The second kappa shape index (κ2) is 7.31. The predicted molar refractivity (Wildman–Crippen MR) is 90.0 cm³/mol. The highest BCUT2D eigenvalue weighted by Crippen LogP contribution is 2.24. The van der Waals surface area contributed by atoms with E-state index in [9.17, 15) is 13.2 Å². The standard InChI is InChI=1S/C16H24N2O4S/c1-4-15(16(19)17-9-11-22-12-10-17)18(23(3,20)21)14-7-5-13(2)6-8-14/h5-8,15H,4,9-12H2,1-3H3. The van der Waals surface area contributed by atoms with E-state index < -0.39 is 16.1 Å². The summed E-state index contributed by atoms with van der Waals surface area (Å²) in [5.41, 5.74) is 1.56. The zero-order valence-corrected chi connectivity index (χ0v) is 14.7. The summed E-state index contributed by atoms with van der Waals surface area (Å²) in [6.45, 7) is 5.75. The smallest absolute Gasteiger partial charge is 0.246 e. The van der Waals surface area contributed by atoms with Gasteiger partial charge in [0.1, 0.15) is 6.04 Å². The molecule has 1 heterocycles. The molecule has 0 radical (unpaired) electrons. The highest BCUT2D eigenvalue weighted by molar-refractivity contribution is 7.92. The number of carbonyl (C=O) groups is 1. The zero-order chi connectivity index (χ0) is 17.0. The zero-order valence-electron chi connectivity index (χ0n) is 13.9. The molecule has 1 aromatic carbocycles. The molecule has 1 unspecified atom stereocenters. The monoisotopic (exact) mass is 340 g/mol. The van der Waals surface area contributed by atoms with E-state index in [0.717, 1.165) is 11.8 Å². The van der Waals surface area contributed by atoms with Crippen LogP contribution in [0.1, 0.15) is 18.9 Å². The first-order valence-corrected chi connectivity index (χ1v) is 9.62. The molecule has 0 N–H and O–H groups in total. The van der Waals surface area contributed by atoms with Gasteiger partial charge in [-0.3, -0.25) is 9.10 Å². The summed E-state index contributed by atoms with van der Waals surface area (Å²) in [5.74, 6) is -0.165. The quantitative estimate of drug-likeness (QED) is 0.813. The molecule has 1 amide bonds. The lowest BCUT2D eigenvalue weighted by atomic mass is 10.1. The van der Waals surface area contributed by atoms with Crippen LogP contribution >= 0.6 is 0 Å². The molecule has 0 aromatic heterocycles. The van der Waals surface area contributed by atoms with Crippen LogP contribution in [0.5, 0.6) is 0 Å². The Bertz CT molecular complexity index is 637. The van der Waals surface area contributed by atoms with Crippen LogP contribution in [0.15, 0.2) is 24.3 Å². The van der Waals surface area contributed by atoms with Crippen LogP contribution in [-0.2, 0) is 19.6 Å². The first-order chi connectivity index (χ1) is 10.8. The highest BCUT2D eigenvalue weighted by Gasteiger charge is 2.34. The lowest BCUT2D eigenvalue weighted by Gasteiger charge is -2.35. The van der Waals surface area contributed by atoms with Crippen molar-refractivity contribution >= 4 is 21.6 Å². The van der Waals surface area contributed by atoms with Crippen LogP contribution in [0.25, 0.3) is 0 Å². The molecule has 0 bridgehead atoms. The number of amides is 1. The number of carbonyl (C=O) groups excluding carboxylic acids is 1. The van der Waals surface area contributed by atoms with Gasteiger partial charge in [-0.15, -0.1) is 0 Å². The van der Waals surface area contributed by atoms with Crippen molar-refractivity contribution in [1.82, 2.24) is 4.90 Å². The largest absolute Gasteiger partial charge is 0.378 e. The van der Waals surface area contributed by atoms with Gasteiger partial charge >= 0.3 is 0 Å². The van der Waals surface area contributed by atoms with Crippen LogP contribution in [0.3, 0.4) is 0 Å². The molecule has 0 saturated carbocycles. The minimum absolute atomic E-state index is 0.165. The lowest BCUT2D eigenvalue weighted by Crippen LogP contribution is -2.53. The molecule has 1 aromatic rings. The summed E-state index contributed by atoms with van der Waals surface area (Å²) in [6.07, 6.45) is 1.55. The van der Waals surface area contributed by atoms with Gasteiger partial charge in [0.25, 0.3) is 0 Å². The third kappa shape index (κ3) is 4.23. The van der Waals surface area contributed by atoms with Crippen molar-refractivity contribution in [2.45, 2.75) is 26.3 Å². The van der Waals surface area contributed by atoms with Crippen LogP contribution in [0.4, 0.5) is 5.69 Å². The molecule has 0 spiro atoms. The SMILES string of the molecule is CCC(C(=O)N1CCOCC1)N(c1ccc(C)cc1)S(C)(=O)=O. The summed E-state index contributed by atoms with van der Waals surface area (Å²) in [6, 6.07) is 6.45. The van der Waals surface area contributed by atoms with Crippen molar-refractivity contribution < 1.29 is 17.9 Å². The van der Waals surface area contributed by atoms with E-state index in [1.54, 1.807) is 17.0 Å². The number of hydrogen-bond acceptors (Lipinski definition) is 4. The van der Waals surface area contributed by atoms with E-state index in [4.69, 9.17) is 4.74 Å². The Morgan fingerprint density at radius 3 is 2.30 bits per heavy atom. The van der Waals surface area contributed by atoms with E-state index in [2.05, 4.69) is 0 Å². The number of sulfonamides is 1. The lowest BCUT2D eigenvalue weighted by molar-refractivity contribution is -0.136. The fourth-order valence-electron chi connectivity index (χ4n) is 2.73. The Morgan fingerprint density at radius 1 is 1.26 bits per heavy atom. The molecule has 1 aliphatic heterocycles. The van der Waals surface area contributed by atoms with Gasteiger partial charge in [-0.05, 0) is 25.5 Å². The average Bonchev–Trinajstić information content (AvgIpc) is 2.53. The second-order valence-electron chi connectivity index (χ2n) is 5.76. The van der Waals surface area contributed by atoms with Gasteiger partial charge in [0.05, 0.1) is 25.2 Å². The van der Waals surface area contributed by atoms with Gasteiger partial charge in [0.15, 0.2) is 0 Å². The first kappa shape index (κ1) is 17.7. The molecule has 1 fully saturated rings. The molecule has 128 valence electrons. The van der Waals surface area contributed by atoms with Crippen LogP contribution in [-0.4, -0.2) is 57.8 Å². The maximum atomic E-state index is 12.8. The first-order valence-electron chi connectivity index (χ1n) is 7.77. The van der Waals surface area contributed by atoms with E-state index in [0.29, 0.717) is 38.4 Å². The molecule has 1 saturated heterocycles. The number of ether oxygens (including phenoxy) is 1. The highest BCUT2D eigenvalue weighted by atomic mass is 32.2. The van der Waals surface area contributed by atoms with Crippen molar-refractivity contribution in [3.05, 3.63) is 29.8 Å².